The van der Waals surface area contributed by atoms with E-state index in [-0.39, 0.29) is 5.78 Å². The van der Waals surface area contributed by atoms with E-state index in [4.69, 9.17) is 13.9 Å². The van der Waals surface area contributed by atoms with Gasteiger partial charge in [-0.15, -0.1) is 0 Å². The van der Waals surface area contributed by atoms with Crippen LogP contribution in [0.25, 0.3) is 0 Å². The molecule has 0 fully saturated rings. The minimum absolute atomic E-state index is 0.164. The molecule has 0 aliphatic heterocycles. The first kappa shape index (κ1) is 15.2. The van der Waals surface area contributed by atoms with Crippen LogP contribution in [-0.4, -0.2) is 19.0 Å². The van der Waals surface area contributed by atoms with Crippen molar-refractivity contribution in [2.24, 2.45) is 0 Å². The standard InChI is InChI=1S/C17H20O4/c1-3-9-19-14-8-7-13(12-16(14)20-10-4-2)17(18)15-6-5-11-21-15/h5-8,11-12H,3-4,9-10H2,1-2H3. The molecule has 1 aromatic heterocycles. The van der Waals surface area contributed by atoms with Gasteiger partial charge in [0.15, 0.2) is 17.3 Å². The molecule has 0 radical (unpaired) electrons. The highest BCUT2D eigenvalue weighted by atomic mass is 16.5. The van der Waals surface area contributed by atoms with Crippen molar-refractivity contribution in [2.75, 3.05) is 13.2 Å². The fourth-order valence-electron chi connectivity index (χ4n) is 1.86. The van der Waals surface area contributed by atoms with Crippen molar-refractivity contribution in [1.29, 1.82) is 0 Å². The average Bonchev–Trinajstić information content (AvgIpc) is 3.04. The van der Waals surface area contributed by atoms with Crippen LogP contribution in [0.1, 0.15) is 42.8 Å². The molecule has 0 spiro atoms. The minimum atomic E-state index is -0.164. The first-order valence-electron chi connectivity index (χ1n) is 7.24. The van der Waals surface area contributed by atoms with Crippen molar-refractivity contribution in [1.82, 2.24) is 0 Å². The normalized spacial score (nSPS) is 10.4. The molecule has 2 aromatic rings. The maximum atomic E-state index is 12.3. The molecule has 0 aliphatic rings. The highest BCUT2D eigenvalue weighted by Crippen LogP contribution is 2.29. The maximum Gasteiger partial charge on any atom is 0.228 e. The molecule has 4 nitrogen and oxygen atoms in total. The van der Waals surface area contributed by atoms with E-state index in [2.05, 4.69) is 0 Å². The van der Waals surface area contributed by atoms with Crippen molar-refractivity contribution in [2.45, 2.75) is 26.7 Å². The van der Waals surface area contributed by atoms with E-state index in [9.17, 15) is 4.79 Å². The van der Waals surface area contributed by atoms with Crippen LogP contribution in [0.3, 0.4) is 0 Å². The fraction of sp³-hybridized carbons (Fsp3) is 0.353. The Morgan fingerprint density at radius 2 is 1.76 bits per heavy atom. The molecule has 1 heterocycles. The van der Waals surface area contributed by atoms with Gasteiger partial charge in [0, 0.05) is 5.56 Å². The summed E-state index contributed by atoms with van der Waals surface area (Å²) in [6.45, 7) is 5.28. The predicted octanol–water partition coefficient (Wildman–Crippen LogP) is 4.09. The Morgan fingerprint density at radius 1 is 1.05 bits per heavy atom. The van der Waals surface area contributed by atoms with Crippen LogP contribution in [0.4, 0.5) is 0 Å². The van der Waals surface area contributed by atoms with Gasteiger partial charge in [0.1, 0.15) is 0 Å². The van der Waals surface area contributed by atoms with Gasteiger partial charge in [0.2, 0.25) is 5.78 Å². The minimum Gasteiger partial charge on any atom is -0.490 e. The van der Waals surface area contributed by atoms with E-state index in [0.29, 0.717) is 36.0 Å². The van der Waals surface area contributed by atoms with Gasteiger partial charge in [0.05, 0.1) is 19.5 Å². The van der Waals surface area contributed by atoms with Crippen LogP contribution in [0.15, 0.2) is 41.0 Å². The number of benzene rings is 1. The summed E-state index contributed by atoms with van der Waals surface area (Å²) in [6, 6.07) is 8.56. The summed E-state index contributed by atoms with van der Waals surface area (Å²) in [6.07, 6.45) is 3.30. The van der Waals surface area contributed by atoms with Gasteiger partial charge >= 0.3 is 0 Å². The number of ketones is 1. The molecule has 0 amide bonds. The van der Waals surface area contributed by atoms with E-state index >= 15 is 0 Å². The Labute approximate surface area is 124 Å². The number of carbonyl (C=O) groups excluding carboxylic acids is 1. The summed E-state index contributed by atoms with van der Waals surface area (Å²) in [5.41, 5.74) is 0.528. The maximum absolute atomic E-state index is 12.3. The van der Waals surface area contributed by atoms with Crippen LogP contribution in [0.2, 0.25) is 0 Å². The fourth-order valence-corrected chi connectivity index (χ4v) is 1.86. The van der Waals surface area contributed by atoms with E-state index < -0.39 is 0 Å². The molecule has 0 unspecified atom stereocenters. The molecule has 2 rings (SSSR count). The zero-order valence-electron chi connectivity index (χ0n) is 12.4. The van der Waals surface area contributed by atoms with Gasteiger partial charge in [-0.05, 0) is 43.2 Å². The summed E-state index contributed by atoms with van der Waals surface area (Å²) in [7, 11) is 0. The molecule has 4 heteroatoms. The van der Waals surface area contributed by atoms with Crippen LogP contribution in [-0.2, 0) is 0 Å². The third-order valence-corrected chi connectivity index (χ3v) is 2.87. The zero-order chi connectivity index (χ0) is 15.1. The second-order valence-corrected chi connectivity index (χ2v) is 4.66. The topological polar surface area (TPSA) is 48.7 Å². The van der Waals surface area contributed by atoms with Gasteiger partial charge in [0.25, 0.3) is 0 Å². The molecule has 0 saturated heterocycles. The number of furan rings is 1. The smallest absolute Gasteiger partial charge is 0.228 e. The van der Waals surface area contributed by atoms with Crippen LogP contribution >= 0.6 is 0 Å². The second-order valence-electron chi connectivity index (χ2n) is 4.66. The third kappa shape index (κ3) is 3.88. The summed E-state index contributed by atoms with van der Waals surface area (Å²) < 4.78 is 16.5. The average molecular weight is 288 g/mol. The molecule has 112 valence electrons. The summed E-state index contributed by atoms with van der Waals surface area (Å²) in [4.78, 5) is 12.3. The van der Waals surface area contributed by atoms with Gasteiger partial charge < -0.3 is 13.9 Å². The first-order chi connectivity index (χ1) is 10.3. The second kappa shape index (κ2) is 7.53. The monoisotopic (exact) mass is 288 g/mol. The number of hydrogen-bond acceptors (Lipinski definition) is 4. The lowest BCUT2D eigenvalue weighted by Crippen LogP contribution is -2.04. The van der Waals surface area contributed by atoms with E-state index in [1.165, 1.54) is 6.26 Å². The van der Waals surface area contributed by atoms with Gasteiger partial charge in [-0.2, -0.15) is 0 Å². The first-order valence-corrected chi connectivity index (χ1v) is 7.24. The van der Waals surface area contributed by atoms with E-state index in [1.807, 2.05) is 13.8 Å². The van der Waals surface area contributed by atoms with Crippen molar-refractivity contribution < 1.29 is 18.7 Å². The number of carbonyl (C=O) groups is 1. The lowest BCUT2D eigenvalue weighted by molar-refractivity contribution is 0.101. The number of rotatable bonds is 8. The Hall–Kier alpha value is -2.23. The molecule has 0 saturated carbocycles. The zero-order valence-corrected chi connectivity index (χ0v) is 12.4. The van der Waals surface area contributed by atoms with Crippen LogP contribution < -0.4 is 9.47 Å². The van der Waals surface area contributed by atoms with E-state index in [1.54, 1.807) is 30.3 Å². The molecule has 0 atom stereocenters. The Bertz CT molecular complexity index is 572. The number of ether oxygens (including phenoxy) is 2. The lowest BCUT2D eigenvalue weighted by atomic mass is 10.1. The van der Waals surface area contributed by atoms with Crippen molar-refractivity contribution >= 4 is 5.78 Å². The number of hydrogen-bond donors (Lipinski definition) is 0. The highest BCUT2D eigenvalue weighted by molar-refractivity contribution is 6.07. The van der Waals surface area contributed by atoms with E-state index in [0.717, 1.165) is 12.8 Å². The molecular formula is C17H20O4. The van der Waals surface area contributed by atoms with Gasteiger partial charge in [-0.25, -0.2) is 0 Å². The molecular weight excluding hydrogens is 268 g/mol. The van der Waals surface area contributed by atoms with Gasteiger partial charge in [-0.1, -0.05) is 13.8 Å². The third-order valence-electron chi connectivity index (χ3n) is 2.87. The summed E-state index contributed by atoms with van der Waals surface area (Å²) in [5.74, 6) is 1.42. The Balaban J connectivity index is 2.25. The van der Waals surface area contributed by atoms with Crippen molar-refractivity contribution in [3.05, 3.63) is 47.9 Å². The molecule has 1 aromatic carbocycles. The van der Waals surface area contributed by atoms with Crippen molar-refractivity contribution in [3.8, 4) is 11.5 Å². The van der Waals surface area contributed by atoms with Crippen LogP contribution in [0.5, 0.6) is 11.5 Å². The summed E-state index contributed by atoms with van der Waals surface area (Å²) >= 11 is 0. The van der Waals surface area contributed by atoms with Crippen molar-refractivity contribution in [3.63, 3.8) is 0 Å². The summed E-state index contributed by atoms with van der Waals surface area (Å²) in [5, 5.41) is 0. The Kier molecular flexibility index (Phi) is 5.43. The Morgan fingerprint density at radius 3 is 2.38 bits per heavy atom. The molecule has 0 aliphatic carbocycles. The molecule has 0 bridgehead atoms. The molecule has 21 heavy (non-hydrogen) atoms. The lowest BCUT2D eigenvalue weighted by Gasteiger charge is -2.13. The molecule has 0 N–H and O–H groups in total. The SMILES string of the molecule is CCCOc1ccc(C(=O)c2ccco2)cc1OCCC. The predicted molar refractivity (Wildman–Crippen MR) is 80.2 cm³/mol. The quantitative estimate of drug-likeness (QED) is 0.686. The largest absolute Gasteiger partial charge is 0.490 e. The van der Waals surface area contributed by atoms with Gasteiger partial charge in [-0.3, -0.25) is 4.79 Å². The highest BCUT2D eigenvalue weighted by Gasteiger charge is 2.15. The van der Waals surface area contributed by atoms with Crippen LogP contribution in [0, 0.1) is 0 Å².